The minimum absolute atomic E-state index is 0.219. The lowest BCUT2D eigenvalue weighted by Gasteiger charge is -2.18. The maximum absolute atomic E-state index is 12.5. The molecule has 21 heavy (non-hydrogen) atoms. The Kier molecular flexibility index (Phi) is 5.85. The second-order valence-electron chi connectivity index (χ2n) is 4.56. The first-order valence-electron chi connectivity index (χ1n) is 6.46. The Hall–Kier alpha value is -0.400. The van der Waals surface area contributed by atoms with Gasteiger partial charge in [-0.2, -0.15) is 0 Å². The summed E-state index contributed by atoms with van der Waals surface area (Å²) < 4.78 is 28.6. The molecule has 0 aliphatic heterocycles. The van der Waals surface area contributed by atoms with Gasteiger partial charge in [0.15, 0.2) is 0 Å². The molecule has 1 atom stereocenters. The van der Waals surface area contributed by atoms with Gasteiger partial charge in [0.2, 0.25) is 0 Å². The molecule has 7 heteroatoms. The number of sulfonamides is 1. The van der Waals surface area contributed by atoms with Crippen LogP contribution in [0.1, 0.15) is 31.4 Å². The molecule has 0 radical (unpaired) electrons. The van der Waals surface area contributed by atoms with Crippen molar-refractivity contribution in [3.8, 4) is 0 Å². The molecule has 0 saturated carbocycles. The van der Waals surface area contributed by atoms with Gasteiger partial charge in [0.25, 0.3) is 10.0 Å². The largest absolute Gasteiger partial charge is 0.250 e. The summed E-state index contributed by atoms with van der Waals surface area (Å²) in [6.07, 6.45) is 1.63. The Morgan fingerprint density at radius 1 is 1.33 bits per heavy atom. The van der Waals surface area contributed by atoms with Crippen LogP contribution in [0, 0.1) is 0 Å². The van der Waals surface area contributed by atoms with Gasteiger partial charge in [-0.25, -0.2) is 13.1 Å². The Bertz CT molecular complexity index is 682. The highest BCUT2D eigenvalue weighted by Crippen LogP contribution is 2.35. The summed E-state index contributed by atoms with van der Waals surface area (Å²) in [4.78, 5) is 0. The predicted molar refractivity (Wildman–Crippen MR) is 91.4 cm³/mol. The third-order valence-electron chi connectivity index (χ3n) is 2.96. The second-order valence-corrected chi connectivity index (χ2v) is 9.28. The van der Waals surface area contributed by atoms with E-state index in [1.807, 2.05) is 37.3 Å². The van der Waals surface area contributed by atoms with Gasteiger partial charge in [0, 0.05) is 6.04 Å². The Balaban J connectivity index is 2.27. The number of hydrogen-bond acceptors (Lipinski definition) is 3. The second kappa shape index (κ2) is 7.24. The summed E-state index contributed by atoms with van der Waals surface area (Å²) in [5, 5.41) is 0.409. The average Bonchev–Trinajstić information content (AvgIpc) is 2.80. The summed E-state index contributed by atoms with van der Waals surface area (Å²) in [6.45, 7) is 2.03. The fourth-order valence-electron chi connectivity index (χ4n) is 1.97. The first-order chi connectivity index (χ1) is 9.94. The molecule has 0 amide bonds. The highest BCUT2D eigenvalue weighted by Gasteiger charge is 2.23. The number of thiophene rings is 1. The molecule has 1 aromatic carbocycles. The van der Waals surface area contributed by atoms with Crippen molar-refractivity contribution in [2.24, 2.45) is 0 Å². The van der Waals surface area contributed by atoms with Gasteiger partial charge in [-0.3, -0.25) is 0 Å². The molecule has 2 rings (SSSR count). The zero-order valence-corrected chi connectivity index (χ0v) is 15.3. The van der Waals surface area contributed by atoms with Crippen LogP contribution in [0.5, 0.6) is 0 Å². The van der Waals surface area contributed by atoms with E-state index in [1.54, 1.807) is 0 Å². The lowest BCUT2D eigenvalue weighted by atomic mass is 10.0. The van der Waals surface area contributed by atoms with Crippen LogP contribution in [-0.4, -0.2) is 8.42 Å². The van der Waals surface area contributed by atoms with Crippen molar-refractivity contribution in [3.05, 3.63) is 50.8 Å². The fraction of sp³-hybridized carbons (Fsp3) is 0.286. The Morgan fingerprint density at radius 3 is 2.52 bits per heavy atom. The van der Waals surface area contributed by atoms with E-state index in [0.29, 0.717) is 8.81 Å². The van der Waals surface area contributed by atoms with Crippen molar-refractivity contribution < 1.29 is 8.42 Å². The van der Waals surface area contributed by atoms with Crippen molar-refractivity contribution in [1.82, 2.24) is 4.72 Å². The van der Waals surface area contributed by atoms with Crippen molar-refractivity contribution in [2.45, 2.75) is 30.0 Å². The lowest BCUT2D eigenvalue weighted by Crippen LogP contribution is -2.28. The summed E-state index contributed by atoms with van der Waals surface area (Å²) in [7, 11) is -3.58. The van der Waals surface area contributed by atoms with E-state index in [9.17, 15) is 8.42 Å². The van der Waals surface area contributed by atoms with Crippen LogP contribution in [0.4, 0.5) is 0 Å². The fourth-order valence-corrected chi connectivity index (χ4v) is 5.65. The highest BCUT2D eigenvalue weighted by atomic mass is 79.9. The number of hydrogen-bond donors (Lipinski definition) is 1. The lowest BCUT2D eigenvalue weighted by molar-refractivity contribution is 0.537. The van der Waals surface area contributed by atoms with E-state index < -0.39 is 10.0 Å². The summed E-state index contributed by atoms with van der Waals surface area (Å²) in [5.74, 6) is 0. The molecule has 1 aromatic heterocycles. The van der Waals surface area contributed by atoms with Gasteiger partial charge in [-0.1, -0.05) is 55.3 Å². The molecule has 0 bridgehead atoms. The van der Waals surface area contributed by atoms with Gasteiger partial charge in [-0.05, 0) is 34.0 Å². The first-order valence-corrected chi connectivity index (χ1v) is 9.93. The van der Waals surface area contributed by atoms with E-state index in [-0.39, 0.29) is 10.3 Å². The topological polar surface area (TPSA) is 46.2 Å². The standard InChI is InChI=1S/C14H15BrClNO2S2/c1-2-6-12(10-7-4-3-5-8-10)17-21(18,19)13-9-11(16)14(15)20-13/h3-5,7-9,12,17H,2,6H2,1H3. The summed E-state index contributed by atoms with van der Waals surface area (Å²) in [6, 6.07) is 10.8. The zero-order chi connectivity index (χ0) is 15.5. The van der Waals surface area contributed by atoms with E-state index in [2.05, 4.69) is 20.7 Å². The minimum Gasteiger partial charge on any atom is -0.206 e. The number of halogens is 2. The van der Waals surface area contributed by atoms with Crippen LogP contribution in [-0.2, 0) is 10.0 Å². The molecule has 1 unspecified atom stereocenters. The van der Waals surface area contributed by atoms with E-state index in [1.165, 1.54) is 6.07 Å². The van der Waals surface area contributed by atoms with E-state index in [0.717, 1.165) is 29.7 Å². The quantitative estimate of drug-likeness (QED) is 0.732. The summed E-state index contributed by atoms with van der Waals surface area (Å²) >= 11 is 10.3. The van der Waals surface area contributed by atoms with Crippen LogP contribution in [0.2, 0.25) is 5.02 Å². The monoisotopic (exact) mass is 407 g/mol. The molecule has 0 saturated heterocycles. The van der Waals surface area contributed by atoms with Gasteiger partial charge >= 0.3 is 0 Å². The molecule has 114 valence electrons. The summed E-state index contributed by atoms with van der Waals surface area (Å²) in [5.41, 5.74) is 0.963. The van der Waals surface area contributed by atoms with Crippen molar-refractivity contribution in [3.63, 3.8) is 0 Å². The molecule has 0 aliphatic rings. The molecular formula is C14H15BrClNO2S2. The van der Waals surface area contributed by atoms with Gasteiger partial charge < -0.3 is 0 Å². The van der Waals surface area contributed by atoms with Gasteiger partial charge in [0.1, 0.15) is 4.21 Å². The molecule has 0 spiro atoms. The van der Waals surface area contributed by atoms with Crippen LogP contribution in [0.3, 0.4) is 0 Å². The molecular weight excluding hydrogens is 394 g/mol. The van der Waals surface area contributed by atoms with Crippen molar-refractivity contribution in [1.29, 1.82) is 0 Å². The third kappa shape index (κ3) is 4.29. The van der Waals surface area contributed by atoms with Crippen LogP contribution < -0.4 is 4.72 Å². The molecule has 3 nitrogen and oxygen atoms in total. The Morgan fingerprint density at radius 2 is 2.00 bits per heavy atom. The highest BCUT2D eigenvalue weighted by molar-refractivity contribution is 9.11. The number of benzene rings is 1. The van der Waals surface area contributed by atoms with Crippen molar-refractivity contribution in [2.75, 3.05) is 0 Å². The van der Waals surface area contributed by atoms with Gasteiger partial charge in [0.05, 0.1) is 8.81 Å². The minimum atomic E-state index is -3.58. The molecule has 2 aromatic rings. The van der Waals surface area contributed by atoms with Gasteiger partial charge in [-0.15, -0.1) is 11.3 Å². The normalized spacial score (nSPS) is 13.3. The smallest absolute Gasteiger partial charge is 0.206 e. The van der Waals surface area contributed by atoms with Crippen molar-refractivity contribution >= 4 is 48.9 Å². The molecule has 0 aliphatic carbocycles. The molecule has 0 fully saturated rings. The molecule has 1 N–H and O–H groups in total. The Labute approximate surface area is 142 Å². The van der Waals surface area contributed by atoms with Crippen LogP contribution >= 0.6 is 38.9 Å². The maximum atomic E-state index is 12.5. The number of rotatable bonds is 6. The first kappa shape index (κ1) is 17.0. The van der Waals surface area contributed by atoms with E-state index in [4.69, 9.17) is 11.6 Å². The third-order valence-corrected chi connectivity index (χ3v) is 7.38. The predicted octanol–water partition coefficient (Wildman–Crippen LogP) is 4.98. The maximum Gasteiger partial charge on any atom is 0.250 e. The average molecular weight is 409 g/mol. The zero-order valence-electron chi connectivity index (χ0n) is 11.3. The van der Waals surface area contributed by atoms with Crippen LogP contribution in [0.25, 0.3) is 0 Å². The SMILES string of the molecule is CCCC(NS(=O)(=O)c1cc(Cl)c(Br)s1)c1ccccc1. The van der Waals surface area contributed by atoms with Crippen LogP contribution in [0.15, 0.2) is 44.4 Å². The van der Waals surface area contributed by atoms with E-state index >= 15 is 0 Å². The number of nitrogens with one attached hydrogen (secondary N) is 1. The molecule has 1 heterocycles.